The molecule has 1 aromatic rings. The van der Waals surface area contributed by atoms with Crippen molar-refractivity contribution in [2.75, 3.05) is 18.0 Å². The number of hydrogen-bond acceptors (Lipinski definition) is 4. The number of nitro groups is 1. The van der Waals surface area contributed by atoms with Gasteiger partial charge in [-0.3, -0.25) is 10.1 Å². The molecule has 0 aromatic heterocycles. The minimum atomic E-state index is -0.341. The minimum absolute atomic E-state index is 0.140. The largest absolute Gasteiger partial charge is 0.369 e. The molecular weight excluding hydrogens is 324 g/mol. The smallest absolute Gasteiger partial charge is 0.273 e. The maximum Gasteiger partial charge on any atom is 0.273 e. The summed E-state index contributed by atoms with van der Waals surface area (Å²) in [6, 6.07) is 5.29. The van der Waals surface area contributed by atoms with E-state index in [1.165, 1.54) is 0 Å². The molecule has 0 saturated carbocycles. The lowest BCUT2D eigenvalue weighted by Gasteiger charge is -2.43. The standard InChI is InChI=1S/C14H19BrN2O3/c1-10-8-16(9-14(2,3)20-10)12-4-5-13(17(18)19)11(6-12)7-15/h4-6,10H,7-9H2,1-3H3. The Morgan fingerprint density at radius 1 is 1.55 bits per heavy atom. The monoisotopic (exact) mass is 342 g/mol. The summed E-state index contributed by atoms with van der Waals surface area (Å²) in [4.78, 5) is 12.9. The van der Waals surface area contributed by atoms with E-state index in [9.17, 15) is 10.1 Å². The van der Waals surface area contributed by atoms with Crippen LogP contribution in [0.3, 0.4) is 0 Å². The maximum atomic E-state index is 11.0. The van der Waals surface area contributed by atoms with E-state index in [-0.39, 0.29) is 22.3 Å². The van der Waals surface area contributed by atoms with Crippen LogP contribution in [0.4, 0.5) is 11.4 Å². The normalized spacial score (nSPS) is 21.8. The lowest BCUT2D eigenvalue weighted by Crippen LogP contribution is -2.52. The predicted molar refractivity (Wildman–Crippen MR) is 82.6 cm³/mol. The SMILES string of the molecule is CC1CN(c2ccc([N+](=O)[O-])c(CBr)c2)CC(C)(C)O1. The highest BCUT2D eigenvalue weighted by molar-refractivity contribution is 9.08. The summed E-state index contributed by atoms with van der Waals surface area (Å²) in [5, 5.41) is 11.4. The summed E-state index contributed by atoms with van der Waals surface area (Å²) in [5.41, 5.74) is 1.65. The van der Waals surface area contributed by atoms with Crippen LogP contribution in [0.15, 0.2) is 18.2 Å². The molecule has 0 N–H and O–H groups in total. The van der Waals surface area contributed by atoms with Gasteiger partial charge in [-0.25, -0.2) is 0 Å². The molecule has 0 amide bonds. The van der Waals surface area contributed by atoms with Crippen LogP contribution < -0.4 is 4.90 Å². The fourth-order valence-electron chi connectivity index (χ4n) is 2.70. The third-order valence-electron chi connectivity index (χ3n) is 3.34. The summed E-state index contributed by atoms with van der Waals surface area (Å²) >= 11 is 3.32. The van der Waals surface area contributed by atoms with Crippen LogP contribution in [0.1, 0.15) is 26.3 Å². The van der Waals surface area contributed by atoms with Crippen LogP contribution in [0.2, 0.25) is 0 Å². The molecule has 1 fully saturated rings. The summed E-state index contributed by atoms with van der Waals surface area (Å²) in [6.45, 7) is 7.74. The molecule has 2 rings (SSSR count). The molecule has 0 bridgehead atoms. The Morgan fingerprint density at radius 3 is 2.80 bits per heavy atom. The molecule has 1 aliphatic heterocycles. The van der Waals surface area contributed by atoms with E-state index in [0.717, 1.165) is 18.8 Å². The van der Waals surface area contributed by atoms with Gasteiger partial charge in [0, 0.05) is 35.7 Å². The van der Waals surface area contributed by atoms with Crippen molar-refractivity contribution >= 4 is 27.3 Å². The minimum Gasteiger partial charge on any atom is -0.369 e. The lowest BCUT2D eigenvalue weighted by molar-refractivity contribution is -0.385. The zero-order valence-electron chi connectivity index (χ0n) is 11.9. The molecule has 1 unspecified atom stereocenters. The van der Waals surface area contributed by atoms with Gasteiger partial charge in [-0.2, -0.15) is 0 Å². The van der Waals surface area contributed by atoms with Gasteiger partial charge in [-0.05, 0) is 32.9 Å². The Hall–Kier alpha value is -1.14. The molecule has 0 aliphatic carbocycles. The van der Waals surface area contributed by atoms with Crippen molar-refractivity contribution in [2.45, 2.75) is 37.8 Å². The molecule has 1 heterocycles. The van der Waals surface area contributed by atoms with E-state index in [2.05, 4.69) is 34.7 Å². The van der Waals surface area contributed by atoms with Crippen LogP contribution in [-0.2, 0) is 10.1 Å². The molecule has 1 saturated heterocycles. The van der Waals surface area contributed by atoms with Crippen molar-refractivity contribution in [1.82, 2.24) is 0 Å². The van der Waals surface area contributed by atoms with E-state index in [1.807, 2.05) is 19.1 Å². The van der Waals surface area contributed by atoms with Gasteiger partial charge in [0.05, 0.1) is 16.6 Å². The number of alkyl halides is 1. The van der Waals surface area contributed by atoms with Gasteiger partial charge in [0.2, 0.25) is 0 Å². The van der Waals surface area contributed by atoms with Crippen LogP contribution in [0.25, 0.3) is 0 Å². The van der Waals surface area contributed by atoms with Crippen LogP contribution >= 0.6 is 15.9 Å². The molecular formula is C14H19BrN2O3. The second kappa shape index (κ2) is 5.69. The fraction of sp³-hybridized carbons (Fsp3) is 0.571. The van der Waals surface area contributed by atoms with Crippen molar-refractivity contribution in [3.8, 4) is 0 Å². The highest BCUT2D eigenvalue weighted by atomic mass is 79.9. The molecule has 110 valence electrons. The number of nitrogens with zero attached hydrogens (tertiary/aromatic N) is 2. The van der Waals surface area contributed by atoms with Gasteiger partial charge < -0.3 is 9.64 Å². The second-order valence-electron chi connectivity index (χ2n) is 5.77. The topological polar surface area (TPSA) is 55.6 Å². The summed E-state index contributed by atoms with van der Waals surface area (Å²) < 4.78 is 5.88. The predicted octanol–water partition coefficient (Wildman–Crippen LogP) is 3.49. The lowest BCUT2D eigenvalue weighted by atomic mass is 10.0. The number of hydrogen-bond donors (Lipinski definition) is 0. The van der Waals surface area contributed by atoms with Gasteiger partial charge in [0.25, 0.3) is 5.69 Å². The van der Waals surface area contributed by atoms with Gasteiger partial charge in [-0.1, -0.05) is 15.9 Å². The Kier molecular flexibility index (Phi) is 4.34. The zero-order valence-corrected chi connectivity index (χ0v) is 13.5. The number of morpholine rings is 1. The van der Waals surface area contributed by atoms with Crippen molar-refractivity contribution in [2.24, 2.45) is 0 Å². The number of halogens is 1. The number of nitro benzene ring substituents is 1. The van der Waals surface area contributed by atoms with Gasteiger partial charge in [-0.15, -0.1) is 0 Å². The maximum absolute atomic E-state index is 11.0. The van der Waals surface area contributed by atoms with Crippen molar-refractivity contribution in [3.05, 3.63) is 33.9 Å². The van der Waals surface area contributed by atoms with E-state index in [0.29, 0.717) is 10.9 Å². The zero-order chi connectivity index (χ0) is 14.9. The third-order valence-corrected chi connectivity index (χ3v) is 3.94. The summed E-state index contributed by atoms with van der Waals surface area (Å²) in [6.07, 6.45) is 0.140. The average molecular weight is 343 g/mol. The fourth-order valence-corrected chi connectivity index (χ4v) is 3.15. The first-order valence-corrected chi connectivity index (χ1v) is 7.70. The molecule has 1 aliphatic rings. The van der Waals surface area contributed by atoms with Crippen molar-refractivity contribution in [3.63, 3.8) is 0 Å². The second-order valence-corrected chi connectivity index (χ2v) is 6.33. The van der Waals surface area contributed by atoms with E-state index in [1.54, 1.807) is 6.07 Å². The highest BCUT2D eigenvalue weighted by Gasteiger charge is 2.31. The van der Waals surface area contributed by atoms with E-state index >= 15 is 0 Å². The number of rotatable bonds is 3. The van der Waals surface area contributed by atoms with E-state index < -0.39 is 0 Å². The van der Waals surface area contributed by atoms with Crippen LogP contribution in [0, 0.1) is 10.1 Å². The molecule has 5 nitrogen and oxygen atoms in total. The van der Waals surface area contributed by atoms with Crippen molar-refractivity contribution < 1.29 is 9.66 Å². The quantitative estimate of drug-likeness (QED) is 0.479. The summed E-state index contributed by atoms with van der Waals surface area (Å²) in [7, 11) is 0. The van der Waals surface area contributed by atoms with Crippen LogP contribution in [-0.4, -0.2) is 29.7 Å². The molecule has 1 aromatic carbocycles. The molecule has 0 spiro atoms. The van der Waals surface area contributed by atoms with Gasteiger partial charge in [0.1, 0.15) is 0 Å². The number of benzene rings is 1. The molecule has 6 heteroatoms. The number of anilines is 1. The van der Waals surface area contributed by atoms with Gasteiger partial charge >= 0.3 is 0 Å². The first-order chi connectivity index (χ1) is 9.32. The van der Waals surface area contributed by atoms with Gasteiger partial charge in [0.15, 0.2) is 0 Å². The summed E-state index contributed by atoms with van der Waals surface area (Å²) in [5.74, 6) is 0. The molecule has 1 atom stereocenters. The molecule has 0 radical (unpaired) electrons. The average Bonchev–Trinajstić information content (AvgIpc) is 2.35. The van der Waals surface area contributed by atoms with E-state index in [4.69, 9.17) is 4.74 Å². The van der Waals surface area contributed by atoms with Crippen molar-refractivity contribution in [1.29, 1.82) is 0 Å². The number of ether oxygens (including phenoxy) is 1. The Bertz CT molecular complexity index is 519. The highest BCUT2D eigenvalue weighted by Crippen LogP contribution is 2.30. The first kappa shape index (κ1) is 15.3. The third kappa shape index (κ3) is 3.30. The Morgan fingerprint density at radius 2 is 2.25 bits per heavy atom. The Labute approximate surface area is 127 Å². The Balaban J connectivity index is 2.31. The van der Waals surface area contributed by atoms with Crippen LogP contribution in [0.5, 0.6) is 0 Å². The first-order valence-electron chi connectivity index (χ1n) is 6.58. The molecule has 20 heavy (non-hydrogen) atoms.